The highest BCUT2D eigenvalue weighted by atomic mass is 16.5. The molecular formula is C11H20O2. The smallest absolute Gasteiger partial charge is 0.311 e. The van der Waals surface area contributed by atoms with Gasteiger partial charge in [0.1, 0.15) is 0 Å². The maximum atomic E-state index is 11.3. The van der Waals surface area contributed by atoms with Gasteiger partial charge in [0.05, 0.1) is 12.0 Å². The first kappa shape index (κ1) is 12.2. The number of ether oxygens (including phenoxy) is 1. The second-order valence-corrected chi connectivity index (χ2v) is 4.05. The number of hydrogen-bond acceptors (Lipinski definition) is 2. The third-order valence-corrected chi connectivity index (χ3v) is 1.53. The summed E-state index contributed by atoms with van der Waals surface area (Å²) in [4.78, 5) is 11.3. The van der Waals surface area contributed by atoms with Crippen molar-refractivity contribution in [3.05, 3.63) is 12.2 Å². The van der Waals surface area contributed by atoms with E-state index in [-0.39, 0.29) is 11.4 Å². The highest BCUT2D eigenvalue weighted by Gasteiger charge is 2.22. The van der Waals surface area contributed by atoms with Crippen molar-refractivity contribution in [3.63, 3.8) is 0 Å². The molecule has 0 unspecified atom stereocenters. The normalized spacial score (nSPS) is 12.0. The predicted molar refractivity (Wildman–Crippen MR) is 54.5 cm³/mol. The lowest BCUT2D eigenvalue weighted by Gasteiger charge is -2.15. The molecule has 0 atom stereocenters. The van der Waals surface area contributed by atoms with Gasteiger partial charge in [-0.3, -0.25) is 4.79 Å². The lowest BCUT2D eigenvalue weighted by molar-refractivity contribution is -0.152. The van der Waals surface area contributed by atoms with Gasteiger partial charge in [-0.1, -0.05) is 19.1 Å². The summed E-state index contributed by atoms with van der Waals surface area (Å²) in [5.74, 6) is -0.127. The van der Waals surface area contributed by atoms with Crippen LogP contribution < -0.4 is 0 Å². The van der Waals surface area contributed by atoms with Gasteiger partial charge in [0.25, 0.3) is 0 Å². The van der Waals surface area contributed by atoms with Gasteiger partial charge in [0.15, 0.2) is 0 Å². The number of hydrogen-bond donors (Lipinski definition) is 0. The Balaban J connectivity index is 3.55. The van der Waals surface area contributed by atoms with Crippen LogP contribution in [0.4, 0.5) is 0 Å². The molecule has 0 spiro atoms. The van der Waals surface area contributed by atoms with Crippen LogP contribution in [-0.2, 0) is 9.53 Å². The maximum Gasteiger partial charge on any atom is 0.311 e. The van der Waals surface area contributed by atoms with Crippen molar-refractivity contribution in [2.45, 2.75) is 40.5 Å². The average molecular weight is 184 g/mol. The molecule has 0 radical (unpaired) electrons. The minimum atomic E-state index is -0.380. The van der Waals surface area contributed by atoms with Crippen molar-refractivity contribution in [1.29, 1.82) is 0 Å². The molecule has 0 aromatic rings. The predicted octanol–water partition coefficient (Wildman–Crippen LogP) is 2.93. The third kappa shape index (κ3) is 6.38. The van der Waals surface area contributed by atoms with Crippen molar-refractivity contribution in [2.75, 3.05) is 6.61 Å². The van der Waals surface area contributed by atoms with E-state index in [1.807, 2.05) is 26.8 Å². The zero-order valence-electron chi connectivity index (χ0n) is 9.09. The molecule has 0 aromatic carbocycles. The number of esters is 1. The minimum absolute atomic E-state index is 0.127. The summed E-state index contributed by atoms with van der Waals surface area (Å²) in [6.45, 7) is 8.15. The van der Waals surface area contributed by atoms with E-state index in [0.29, 0.717) is 6.61 Å². The average Bonchev–Trinajstić information content (AvgIpc) is 2.02. The lowest BCUT2D eigenvalue weighted by atomic mass is 9.97. The number of rotatable bonds is 4. The SMILES string of the molecule is CC/C=C\CCOC(=O)C(C)(C)C. The molecule has 0 N–H and O–H groups in total. The van der Waals surface area contributed by atoms with Gasteiger partial charge in [0.2, 0.25) is 0 Å². The molecule has 0 aliphatic carbocycles. The molecule has 0 fully saturated rings. The standard InChI is InChI=1S/C11H20O2/c1-5-6-7-8-9-13-10(12)11(2,3)4/h6-7H,5,8-9H2,1-4H3/b7-6-. The van der Waals surface area contributed by atoms with Gasteiger partial charge in [-0.05, 0) is 33.6 Å². The summed E-state index contributed by atoms with van der Waals surface area (Å²) in [5, 5.41) is 0. The first-order valence-corrected chi connectivity index (χ1v) is 4.80. The third-order valence-electron chi connectivity index (χ3n) is 1.53. The van der Waals surface area contributed by atoms with Gasteiger partial charge < -0.3 is 4.74 Å². The monoisotopic (exact) mass is 184 g/mol. The summed E-state index contributed by atoms with van der Waals surface area (Å²) < 4.78 is 5.06. The van der Waals surface area contributed by atoms with E-state index in [9.17, 15) is 4.79 Å². The van der Waals surface area contributed by atoms with E-state index >= 15 is 0 Å². The highest BCUT2D eigenvalue weighted by Crippen LogP contribution is 2.14. The van der Waals surface area contributed by atoms with Crippen LogP contribution in [0.2, 0.25) is 0 Å². The Bertz CT molecular complexity index is 175. The molecule has 76 valence electrons. The van der Waals surface area contributed by atoms with Crippen molar-refractivity contribution in [3.8, 4) is 0 Å². The Kier molecular flexibility index (Phi) is 5.44. The summed E-state index contributed by atoms with van der Waals surface area (Å²) in [7, 11) is 0. The maximum absolute atomic E-state index is 11.3. The summed E-state index contributed by atoms with van der Waals surface area (Å²) in [6, 6.07) is 0. The van der Waals surface area contributed by atoms with Crippen LogP contribution >= 0.6 is 0 Å². The van der Waals surface area contributed by atoms with Crippen LogP contribution in [0.3, 0.4) is 0 Å². The molecule has 0 aliphatic heterocycles. The summed E-state index contributed by atoms with van der Waals surface area (Å²) in [6.07, 6.45) is 5.96. The van der Waals surface area contributed by atoms with Crippen LogP contribution in [0.5, 0.6) is 0 Å². The van der Waals surface area contributed by atoms with Crippen molar-refractivity contribution in [1.82, 2.24) is 0 Å². The fourth-order valence-corrected chi connectivity index (χ4v) is 0.721. The Morgan fingerprint density at radius 1 is 1.31 bits per heavy atom. The van der Waals surface area contributed by atoms with Gasteiger partial charge >= 0.3 is 5.97 Å². The second-order valence-electron chi connectivity index (χ2n) is 4.05. The molecule has 0 rings (SSSR count). The van der Waals surface area contributed by atoms with E-state index in [2.05, 4.69) is 13.0 Å². The van der Waals surface area contributed by atoms with Gasteiger partial charge in [-0.2, -0.15) is 0 Å². The van der Waals surface area contributed by atoms with Crippen molar-refractivity contribution < 1.29 is 9.53 Å². The Morgan fingerprint density at radius 2 is 1.92 bits per heavy atom. The molecule has 2 nitrogen and oxygen atoms in total. The molecule has 0 aromatic heterocycles. The quantitative estimate of drug-likeness (QED) is 0.381. The van der Waals surface area contributed by atoms with Crippen LogP contribution in [0.25, 0.3) is 0 Å². The molecular weight excluding hydrogens is 164 g/mol. The molecule has 0 aliphatic rings. The fourth-order valence-electron chi connectivity index (χ4n) is 0.721. The Labute approximate surface area is 81.0 Å². The largest absolute Gasteiger partial charge is 0.465 e. The topological polar surface area (TPSA) is 26.3 Å². The summed E-state index contributed by atoms with van der Waals surface area (Å²) >= 11 is 0. The van der Waals surface area contributed by atoms with E-state index in [1.165, 1.54) is 0 Å². The van der Waals surface area contributed by atoms with Crippen molar-refractivity contribution >= 4 is 5.97 Å². The van der Waals surface area contributed by atoms with Crippen LogP contribution in [0, 0.1) is 5.41 Å². The van der Waals surface area contributed by atoms with E-state index < -0.39 is 0 Å². The lowest BCUT2D eigenvalue weighted by Crippen LogP contribution is -2.23. The Hall–Kier alpha value is -0.790. The molecule has 0 heterocycles. The minimum Gasteiger partial charge on any atom is -0.465 e. The molecule has 0 bridgehead atoms. The van der Waals surface area contributed by atoms with Crippen LogP contribution in [0.1, 0.15) is 40.5 Å². The first-order valence-electron chi connectivity index (χ1n) is 4.80. The molecule has 0 saturated heterocycles. The molecule has 0 amide bonds. The molecule has 13 heavy (non-hydrogen) atoms. The van der Waals surface area contributed by atoms with E-state index in [1.54, 1.807) is 0 Å². The van der Waals surface area contributed by atoms with Crippen LogP contribution in [-0.4, -0.2) is 12.6 Å². The number of carbonyl (C=O) groups is 1. The van der Waals surface area contributed by atoms with Gasteiger partial charge in [0, 0.05) is 0 Å². The van der Waals surface area contributed by atoms with Gasteiger partial charge in [-0.25, -0.2) is 0 Å². The first-order chi connectivity index (χ1) is 5.98. The zero-order valence-corrected chi connectivity index (χ0v) is 9.09. The zero-order chi connectivity index (χ0) is 10.3. The number of allylic oxidation sites excluding steroid dienone is 1. The fraction of sp³-hybridized carbons (Fsp3) is 0.727. The van der Waals surface area contributed by atoms with Gasteiger partial charge in [-0.15, -0.1) is 0 Å². The number of carbonyl (C=O) groups excluding carboxylic acids is 1. The second kappa shape index (κ2) is 5.79. The molecule has 2 heteroatoms. The summed E-state index contributed by atoms with van der Waals surface area (Å²) in [5.41, 5.74) is -0.380. The molecule has 0 saturated carbocycles. The Morgan fingerprint density at radius 3 is 2.38 bits per heavy atom. The van der Waals surface area contributed by atoms with E-state index in [4.69, 9.17) is 4.74 Å². The van der Waals surface area contributed by atoms with E-state index in [0.717, 1.165) is 12.8 Å². The van der Waals surface area contributed by atoms with Crippen LogP contribution in [0.15, 0.2) is 12.2 Å². The van der Waals surface area contributed by atoms with Crippen molar-refractivity contribution in [2.24, 2.45) is 5.41 Å². The highest BCUT2D eigenvalue weighted by molar-refractivity contribution is 5.75.